The summed E-state index contributed by atoms with van der Waals surface area (Å²) in [5.74, 6) is 0.932. The molecule has 0 amide bonds. The average molecular weight is 488 g/mol. The summed E-state index contributed by atoms with van der Waals surface area (Å²) < 4.78 is 17.7. The Morgan fingerprint density at radius 3 is 2.47 bits per heavy atom. The Morgan fingerprint density at radius 2 is 1.75 bits per heavy atom. The number of halogens is 2. The molecule has 0 atom stereocenters. The summed E-state index contributed by atoms with van der Waals surface area (Å²) >= 11 is 13.7. The molecule has 2 aromatic carbocycles. The third-order valence-electron chi connectivity index (χ3n) is 4.64. The number of benzene rings is 2. The van der Waals surface area contributed by atoms with E-state index in [0.717, 1.165) is 15.8 Å². The Bertz CT molecular complexity index is 1240. The van der Waals surface area contributed by atoms with Gasteiger partial charge in [-0.25, -0.2) is 9.78 Å². The lowest BCUT2D eigenvalue weighted by molar-refractivity contribution is 0.0528. The van der Waals surface area contributed by atoms with E-state index in [1.807, 2.05) is 53.9 Å². The Balaban J connectivity index is 1.46. The third kappa shape index (κ3) is 5.15. The van der Waals surface area contributed by atoms with Crippen molar-refractivity contribution in [2.75, 3.05) is 6.61 Å². The predicted octanol–water partition coefficient (Wildman–Crippen LogP) is 6.94. The van der Waals surface area contributed by atoms with Gasteiger partial charge in [-0.1, -0.05) is 41.4 Å². The van der Waals surface area contributed by atoms with Crippen LogP contribution in [0.4, 0.5) is 0 Å². The van der Waals surface area contributed by atoms with E-state index in [-0.39, 0.29) is 6.61 Å². The molecule has 0 aliphatic carbocycles. The van der Waals surface area contributed by atoms with Crippen LogP contribution in [0.5, 0.6) is 11.5 Å². The molecule has 0 fully saturated rings. The SMILES string of the molecule is CCOC(=O)c1cnc(Cl)c2c(COc3cccc(OCc4ccc(Cl)cc4)c3)csc12. The number of hydrogen-bond acceptors (Lipinski definition) is 6. The van der Waals surface area contributed by atoms with Crippen molar-refractivity contribution in [2.24, 2.45) is 0 Å². The zero-order chi connectivity index (χ0) is 22.5. The van der Waals surface area contributed by atoms with Gasteiger partial charge in [-0.05, 0) is 42.1 Å². The molecule has 0 bridgehead atoms. The van der Waals surface area contributed by atoms with Crippen LogP contribution in [0.2, 0.25) is 10.2 Å². The standard InChI is InChI=1S/C24H19Cl2NO4S/c1-2-29-24(28)20-11-27-23(26)21-16(14-32-22(20)21)13-31-19-5-3-4-18(10-19)30-12-15-6-8-17(25)9-7-15/h3-11,14H,2,12-13H2,1H3. The fourth-order valence-electron chi connectivity index (χ4n) is 3.09. The van der Waals surface area contributed by atoms with E-state index in [4.69, 9.17) is 37.4 Å². The fourth-order valence-corrected chi connectivity index (χ4v) is 4.59. The third-order valence-corrected chi connectivity index (χ3v) is 6.24. The summed E-state index contributed by atoms with van der Waals surface area (Å²) in [7, 11) is 0. The molecule has 4 aromatic rings. The quantitative estimate of drug-likeness (QED) is 0.199. The van der Waals surface area contributed by atoms with Crippen LogP contribution in [0.1, 0.15) is 28.4 Å². The smallest absolute Gasteiger partial charge is 0.341 e. The summed E-state index contributed by atoms with van der Waals surface area (Å²) in [5, 5.41) is 3.64. The Morgan fingerprint density at radius 1 is 1.03 bits per heavy atom. The predicted molar refractivity (Wildman–Crippen MR) is 127 cm³/mol. The van der Waals surface area contributed by atoms with Gasteiger partial charge >= 0.3 is 5.97 Å². The minimum absolute atomic E-state index is 0.272. The molecule has 8 heteroatoms. The number of nitrogens with zero attached hydrogens (tertiary/aromatic N) is 1. The van der Waals surface area contributed by atoms with Crippen LogP contribution in [0.3, 0.4) is 0 Å². The summed E-state index contributed by atoms with van der Waals surface area (Å²) in [6.07, 6.45) is 1.45. The summed E-state index contributed by atoms with van der Waals surface area (Å²) in [6, 6.07) is 14.9. The Hall–Kier alpha value is -2.80. The van der Waals surface area contributed by atoms with Gasteiger partial charge in [0.1, 0.15) is 29.9 Å². The highest BCUT2D eigenvalue weighted by Gasteiger charge is 2.18. The topological polar surface area (TPSA) is 57.7 Å². The van der Waals surface area contributed by atoms with Crippen molar-refractivity contribution in [2.45, 2.75) is 20.1 Å². The number of fused-ring (bicyclic) bond motifs is 1. The number of ether oxygens (including phenoxy) is 3. The molecule has 32 heavy (non-hydrogen) atoms. The van der Waals surface area contributed by atoms with Crippen LogP contribution in [0, 0.1) is 0 Å². The second-order valence-electron chi connectivity index (χ2n) is 6.83. The first-order valence-corrected chi connectivity index (χ1v) is 11.5. The molecular formula is C24H19Cl2NO4S. The van der Waals surface area contributed by atoms with Crippen LogP contribution in [0.25, 0.3) is 10.1 Å². The van der Waals surface area contributed by atoms with Gasteiger partial charge in [0.15, 0.2) is 0 Å². The van der Waals surface area contributed by atoms with E-state index in [0.29, 0.717) is 45.8 Å². The maximum atomic E-state index is 12.2. The molecule has 0 saturated carbocycles. The molecule has 0 aliphatic heterocycles. The number of carbonyl (C=O) groups is 1. The van der Waals surface area contributed by atoms with Gasteiger partial charge in [0.2, 0.25) is 0 Å². The van der Waals surface area contributed by atoms with Crippen LogP contribution >= 0.6 is 34.5 Å². The molecule has 0 saturated heterocycles. The van der Waals surface area contributed by atoms with E-state index in [1.165, 1.54) is 17.5 Å². The van der Waals surface area contributed by atoms with E-state index in [9.17, 15) is 4.79 Å². The number of aromatic nitrogens is 1. The second-order valence-corrected chi connectivity index (χ2v) is 8.50. The van der Waals surface area contributed by atoms with E-state index >= 15 is 0 Å². The van der Waals surface area contributed by atoms with Crippen LogP contribution in [-0.2, 0) is 18.0 Å². The first-order valence-electron chi connectivity index (χ1n) is 9.87. The normalized spacial score (nSPS) is 10.8. The van der Waals surface area contributed by atoms with Crippen molar-refractivity contribution in [1.82, 2.24) is 4.98 Å². The average Bonchev–Trinajstić information content (AvgIpc) is 3.23. The second kappa shape index (κ2) is 10.2. The molecular weight excluding hydrogens is 469 g/mol. The lowest BCUT2D eigenvalue weighted by atomic mass is 10.2. The molecule has 0 radical (unpaired) electrons. The lowest BCUT2D eigenvalue weighted by Crippen LogP contribution is -2.05. The Kier molecular flexibility index (Phi) is 7.15. The first-order chi connectivity index (χ1) is 15.5. The van der Waals surface area contributed by atoms with Crippen molar-refractivity contribution >= 4 is 50.6 Å². The minimum atomic E-state index is -0.415. The summed E-state index contributed by atoms with van der Waals surface area (Å²) in [6.45, 7) is 2.75. The van der Waals surface area contributed by atoms with E-state index in [1.54, 1.807) is 6.92 Å². The van der Waals surface area contributed by atoms with Gasteiger partial charge in [-0.2, -0.15) is 0 Å². The van der Waals surface area contributed by atoms with Crippen molar-refractivity contribution < 1.29 is 19.0 Å². The number of esters is 1. The van der Waals surface area contributed by atoms with Crippen molar-refractivity contribution in [3.63, 3.8) is 0 Å². The van der Waals surface area contributed by atoms with E-state index in [2.05, 4.69) is 4.98 Å². The Labute approximate surface area is 199 Å². The summed E-state index contributed by atoms with van der Waals surface area (Å²) in [4.78, 5) is 16.4. The highest BCUT2D eigenvalue weighted by molar-refractivity contribution is 7.17. The van der Waals surface area contributed by atoms with Crippen molar-refractivity contribution in [1.29, 1.82) is 0 Å². The van der Waals surface area contributed by atoms with Gasteiger partial charge in [-0.15, -0.1) is 11.3 Å². The largest absolute Gasteiger partial charge is 0.489 e. The molecule has 164 valence electrons. The maximum Gasteiger partial charge on any atom is 0.341 e. The van der Waals surface area contributed by atoms with E-state index < -0.39 is 5.97 Å². The number of thiophene rings is 1. The number of rotatable bonds is 8. The first kappa shape index (κ1) is 22.4. The molecule has 5 nitrogen and oxygen atoms in total. The number of pyridine rings is 1. The lowest BCUT2D eigenvalue weighted by Gasteiger charge is -2.10. The van der Waals surface area contributed by atoms with Gasteiger partial charge in [0.25, 0.3) is 0 Å². The molecule has 2 aromatic heterocycles. The fraction of sp³-hybridized carbons (Fsp3) is 0.167. The van der Waals surface area contributed by atoms with Gasteiger partial charge in [-0.3, -0.25) is 0 Å². The van der Waals surface area contributed by atoms with Crippen molar-refractivity contribution in [3.8, 4) is 11.5 Å². The number of hydrogen-bond donors (Lipinski definition) is 0. The van der Waals surface area contributed by atoms with Gasteiger partial charge < -0.3 is 14.2 Å². The monoisotopic (exact) mass is 487 g/mol. The molecule has 0 aliphatic rings. The zero-order valence-electron chi connectivity index (χ0n) is 17.1. The molecule has 0 N–H and O–H groups in total. The molecule has 0 unspecified atom stereocenters. The highest BCUT2D eigenvalue weighted by atomic mass is 35.5. The van der Waals surface area contributed by atoms with Crippen LogP contribution < -0.4 is 9.47 Å². The highest BCUT2D eigenvalue weighted by Crippen LogP contribution is 2.34. The molecule has 2 heterocycles. The van der Waals surface area contributed by atoms with Crippen LogP contribution in [0.15, 0.2) is 60.1 Å². The minimum Gasteiger partial charge on any atom is -0.489 e. The van der Waals surface area contributed by atoms with Gasteiger partial charge in [0.05, 0.1) is 16.9 Å². The maximum absolute atomic E-state index is 12.2. The number of carbonyl (C=O) groups excluding carboxylic acids is 1. The van der Waals surface area contributed by atoms with Crippen LogP contribution in [-0.4, -0.2) is 17.6 Å². The van der Waals surface area contributed by atoms with Crippen molar-refractivity contribution in [3.05, 3.63) is 87.0 Å². The zero-order valence-corrected chi connectivity index (χ0v) is 19.5. The summed E-state index contributed by atoms with van der Waals surface area (Å²) in [5.41, 5.74) is 2.27. The molecule has 0 spiro atoms. The molecule has 4 rings (SSSR count). The van der Waals surface area contributed by atoms with Gasteiger partial charge in [0, 0.05) is 28.2 Å².